The zero-order valence-electron chi connectivity index (χ0n) is 40.2. The number of para-hydroxylation sites is 6. The van der Waals surface area contributed by atoms with E-state index in [0.29, 0.717) is 11.8 Å². The van der Waals surface area contributed by atoms with E-state index in [1.54, 1.807) is 0 Å². The first-order chi connectivity index (χ1) is 36.2. The highest BCUT2D eigenvalue weighted by Crippen LogP contribution is 2.58. The number of hydrogen-bond acceptors (Lipinski definition) is 0. The summed E-state index contributed by atoms with van der Waals surface area (Å²) >= 11 is 0. The van der Waals surface area contributed by atoms with Crippen molar-refractivity contribution >= 4 is 82.3 Å². The molecule has 0 fully saturated rings. The molecule has 0 amide bonds. The first-order valence-electron chi connectivity index (χ1n) is 26.0. The molecule has 0 saturated heterocycles. The lowest BCUT2D eigenvalue weighted by molar-refractivity contribution is 0.322. The number of fused-ring (bicyclic) bond motifs is 9. The van der Waals surface area contributed by atoms with E-state index in [9.17, 15) is 0 Å². The molecule has 3 heterocycles. The van der Waals surface area contributed by atoms with Crippen molar-refractivity contribution in [3.63, 3.8) is 0 Å². The first kappa shape index (κ1) is 40.8. The summed E-state index contributed by atoms with van der Waals surface area (Å²) in [5, 5.41) is 7.76. The number of rotatable bonds is 6. The Hall–Kier alpha value is -8.92. The molecule has 16 rings (SSSR count). The molecule has 0 radical (unpaired) electrons. The van der Waals surface area contributed by atoms with Crippen molar-refractivity contribution in [3.05, 3.63) is 282 Å². The van der Waals surface area contributed by atoms with E-state index in [-0.39, 0.29) is 11.8 Å². The minimum atomic E-state index is 0.251. The summed E-state index contributed by atoms with van der Waals surface area (Å²) in [5.74, 6) is 1.12. The Bertz CT molecular complexity index is 4270. The van der Waals surface area contributed by atoms with Crippen LogP contribution in [0, 0.1) is 23.7 Å². The quantitative estimate of drug-likeness (QED) is 0.158. The van der Waals surface area contributed by atoms with Gasteiger partial charge in [0.25, 0.3) is 0 Å². The summed E-state index contributed by atoms with van der Waals surface area (Å²) in [4.78, 5) is 0. The van der Waals surface area contributed by atoms with Gasteiger partial charge in [-0.2, -0.15) is 0 Å². The molecule has 0 saturated carbocycles. The van der Waals surface area contributed by atoms with E-state index in [1.165, 1.54) is 127 Å². The Morgan fingerprint density at radius 1 is 0.342 bits per heavy atom. The fourth-order valence-corrected chi connectivity index (χ4v) is 13.9. The average molecular weight is 932 g/mol. The molecule has 0 bridgehead atoms. The van der Waals surface area contributed by atoms with Gasteiger partial charge in [-0.3, -0.25) is 0 Å². The van der Waals surface area contributed by atoms with Crippen LogP contribution in [0.15, 0.2) is 271 Å². The molecule has 0 N–H and O–H groups in total. The van der Waals surface area contributed by atoms with E-state index in [2.05, 4.69) is 263 Å². The van der Waals surface area contributed by atoms with Crippen LogP contribution in [0.1, 0.15) is 24.0 Å². The lowest BCUT2D eigenvalue weighted by atomic mass is 9.55. The Balaban J connectivity index is 0.817. The zero-order valence-corrected chi connectivity index (χ0v) is 40.2. The van der Waals surface area contributed by atoms with Crippen LogP contribution in [0.4, 0.5) is 0 Å². The Morgan fingerprint density at radius 2 is 0.781 bits per heavy atom. The molecule has 4 unspecified atom stereocenters. The van der Waals surface area contributed by atoms with Crippen molar-refractivity contribution < 1.29 is 0 Å². The summed E-state index contributed by atoms with van der Waals surface area (Å²) in [6.45, 7) is 0. The number of hydrogen-bond donors (Lipinski definition) is 0. The molecule has 344 valence electrons. The second kappa shape index (κ2) is 15.8. The molecule has 3 nitrogen and oxygen atoms in total. The summed E-state index contributed by atoms with van der Waals surface area (Å²) in [6, 6.07) is 71.8. The number of allylic oxidation sites excluding steroid dienone is 16. The maximum absolute atomic E-state index is 2.58. The van der Waals surface area contributed by atoms with Crippen molar-refractivity contribution in [2.75, 3.05) is 0 Å². The van der Waals surface area contributed by atoms with E-state index >= 15 is 0 Å². The van der Waals surface area contributed by atoms with Crippen LogP contribution in [-0.2, 0) is 0 Å². The molecule has 5 aliphatic rings. The van der Waals surface area contributed by atoms with Crippen molar-refractivity contribution in [1.29, 1.82) is 0 Å². The normalized spacial score (nSPS) is 20.2. The first-order valence-corrected chi connectivity index (χ1v) is 26.0. The summed E-state index contributed by atoms with van der Waals surface area (Å²) in [6.07, 6.45) is 24.3. The van der Waals surface area contributed by atoms with Crippen LogP contribution >= 0.6 is 0 Å². The zero-order chi connectivity index (χ0) is 47.7. The largest absolute Gasteiger partial charge is 0.313 e. The Labute approximate surface area is 423 Å². The fraction of sp³-hybridized carbons (Fsp3) is 0.0857. The van der Waals surface area contributed by atoms with E-state index < -0.39 is 0 Å². The van der Waals surface area contributed by atoms with Crippen LogP contribution in [0.3, 0.4) is 0 Å². The van der Waals surface area contributed by atoms with Crippen LogP contribution in [0.5, 0.6) is 0 Å². The van der Waals surface area contributed by atoms with Gasteiger partial charge in [0.2, 0.25) is 0 Å². The molecular formula is C70H49N3. The number of aromatic nitrogens is 3. The minimum Gasteiger partial charge on any atom is -0.313 e. The third-order valence-corrected chi connectivity index (χ3v) is 17.1. The summed E-state index contributed by atoms with van der Waals surface area (Å²) < 4.78 is 7.36. The SMILES string of the molecule is C1=CC2C(C3=CC=C(n4c5ccccc5c5ccccc54)CC3)=CC(c3ccc(-n4c5ccccc5c5ccccc54)cc3)=C3C=CC4C(c5ccc(-n6c7ccccc7c7ccccc76)cc5)=CC=C1C4C32. The van der Waals surface area contributed by atoms with Crippen LogP contribution in [-0.4, -0.2) is 13.7 Å². The monoisotopic (exact) mass is 931 g/mol. The van der Waals surface area contributed by atoms with Crippen molar-refractivity contribution in [1.82, 2.24) is 13.7 Å². The highest BCUT2D eigenvalue weighted by atomic mass is 15.0. The van der Waals surface area contributed by atoms with Crippen LogP contribution in [0.2, 0.25) is 0 Å². The lowest BCUT2D eigenvalue weighted by Crippen LogP contribution is -2.39. The highest BCUT2D eigenvalue weighted by Gasteiger charge is 2.47. The van der Waals surface area contributed by atoms with Crippen molar-refractivity contribution in [3.8, 4) is 11.4 Å². The maximum Gasteiger partial charge on any atom is 0.0541 e. The third kappa shape index (κ3) is 6.00. The maximum atomic E-state index is 2.58. The molecule has 3 heteroatoms. The second-order valence-electron chi connectivity index (χ2n) is 20.6. The predicted octanol–water partition coefficient (Wildman–Crippen LogP) is 17.6. The van der Waals surface area contributed by atoms with Gasteiger partial charge >= 0.3 is 0 Å². The van der Waals surface area contributed by atoms with E-state index in [4.69, 9.17) is 0 Å². The second-order valence-corrected chi connectivity index (χ2v) is 20.6. The smallest absolute Gasteiger partial charge is 0.0541 e. The van der Waals surface area contributed by atoms with E-state index in [0.717, 1.165) is 12.8 Å². The van der Waals surface area contributed by atoms with Gasteiger partial charge in [0.1, 0.15) is 0 Å². The molecule has 5 aliphatic carbocycles. The highest BCUT2D eigenvalue weighted by molar-refractivity contribution is 6.11. The van der Waals surface area contributed by atoms with Gasteiger partial charge in [-0.1, -0.05) is 176 Å². The summed E-state index contributed by atoms with van der Waals surface area (Å²) in [5.41, 5.74) is 22.3. The van der Waals surface area contributed by atoms with Gasteiger partial charge in [-0.05, 0) is 130 Å². The third-order valence-electron chi connectivity index (χ3n) is 17.1. The lowest BCUT2D eigenvalue weighted by Gasteiger charge is -2.49. The van der Waals surface area contributed by atoms with Gasteiger partial charge < -0.3 is 13.7 Å². The van der Waals surface area contributed by atoms with Gasteiger partial charge in [-0.15, -0.1) is 0 Å². The predicted molar refractivity (Wildman–Crippen MR) is 306 cm³/mol. The molecule has 4 atom stereocenters. The molecule has 8 aromatic carbocycles. The molecule has 3 aromatic heterocycles. The van der Waals surface area contributed by atoms with Gasteiger partial charge in [0, 0.05) is 73.1 Å². The van der Waals surface area contributed by atoms with Crippen molar-refractivity contribution in [2.45, 2.75) is 12.8 Å². The molecule has 0 spiro atoms. The van der Waals surface area contributed by atoms with Gasteiger partial charge in [0.15, 0.2) is 0 Å². The van der Waals surface area contributed by atoms with Crippen LogP contribution in [0.25, 0.3) is 93.6 Å². The number of nitrogens with zero attached hydrogens (tertiary/aromatic N) is 3. The molecule has 11 aromatic rings. The van der Waals surface area contributed by atoms with Gasteiger partial charge in [-0.25, -0.2) is 0 Å². The standard InChI is InChI=1S/C70H49N3/c1-7-19-63-52(13-1)53-14-2-8-20-64(53)71(63)48-33-25-44(26-34-48)51-39-31-47-32-40-59-61(45-27-35-49(36-28-45)72-65-21-9-3-15-54(65)55-16-4-10-22-66(55)72)43-62(60-42-41-58(51)69(47)70(59)60)46-29-37-50(38-30-46)73-67-23-11-5-17-56(67)57-18-6-12-24-68(57)73/h1-27,29-35,37-43,58-59,69-70H,28,36H2. The van der Waals surface area contributed by atoms with Gasteiger partial charge in [0.05, 0.1) is 33.1 Å². The topological polar surface area (TPSA) is 14.8 Å². The fourth-order valence-electron chi connectivity index (χ4n) is 13.9. The van der Waals surface area contributed by atoms with Crippen LogP contribution < -0.4 is 0 Å². The summed E-state index contributed by atoms with van der Waals surface area (Å²) in [7, 11) is 0. The van der Waals surface area contributed by atoms with E-state index in [1.807, 2.05) is 0 Å². The molecular weight excluding hydrogens is 883 g/mol. The number of benzene rings is 8. The molecule has 0 aliphatic heterocycles. The molecule has 73 heavy (non-hydrogen) atoms. The minimum absolute atomic E-state index is 0.251. The van der Waals surface area contributed by atoms with Crippen molar-refractivity contribution in [2.24, 2.45) is 23.7 Å². The Morgan fingerprint density at radius 3 is 1.26 bits per heavy atom. The average Bonchev–Trinajstić information content (AvgIpc) is 4.11. The Kier molecular flexibility index (Phi) is 8.82.